The fourth-order valence-electron chi connectivity index (χ4n) is 1.74. The van der Waals surface area contributed by atoms with Crippen LogP contribution >= 0.6 is 15.9 Å². The van der Waals surface area contributed by atoms with Gasteiger partial charge in [-0.15, -0.1) is 0 Å². The maximum atomic E-state index is 12.1. The molecule has 0 amide bonds. The molecule has 1 aromatic rings. The molecule has 1 rings (SSSR count). The molecule has 0 aromatic carbocycles. The van der Waals surface area contributed by atoms with Crippen molar-refractivity contribution in [1.82, 2.24) is 10.3 Å². The van der Waals surface area contributed by atoms with Crippen molar-refractivity contribution in [3.8, 4) is 0 Å². The van der Waals surface area contributed by atoms with Crippen molar-refractivity contribution in [2.75, 3.05) is 6.54 Å². The van der Waals surface area contributed by atoms with Crippen LogP contribution < -0.4 is 5.32 Å². The van der Waals surface area contributed by atoms with E-state index in [1.54, 1.807) is 12.3 Å². The van der Waals surface area contributed by atoms with Crippen molar-refractivity contribution in [2.24, 2.45) is 0 Å². The molecule has 18 heavy (non-hydrogen) atoms. The molecule has 2 nitrogen and oxygen atoms in total. The second kappa shape index (κ2) is 7.09. The highest BCUT2D eigenvalue weighted by Gasteiger charge is 2.27. The van der Waals surface area contributed by atoms with Crippen LogP contribution in [0.5, 0.6) is 0 Å². The van der Waals surface area contributed by atoms with Crippen LogP contribution in [0.25, 0.3) is 0 Å². The molecule has 1 heterocycles. The minimum Gasteiger partial charge on any atom is -0.309 e. The molecular weight excluding hydrogens is 309 g/mol. The van der Waals surface area contributed by atoms with Crippen molar-refractivity contribution >= 4 is 15.9 Å². The summed E-state index contributed by atoms with van der Waals surface area (Å²) >= 11 is 3.37. The summed E-state index contributed by atoms with van der Waals surface area (Å²) in [4.78, 5) is 4.22. The Bertz CT molecular complexity index is 369. The van der Waals surface area contributed by atoms with Crippen molar-refractivity contribution in [3.63, 3.8) is 0 Å². The number of nitrogens with one attached hydrogen (secondary N) is 1. The van der Waals surface area contributed by atoms with Crippen molar-refractivity contribution in [1.29, 1.82) is 0 Å². The van der Waals surface area contributed by atoms with Crippen LogP contribution in [0.1, 0.15) is 37.9 Å². The van der Waals surface area contributed by atoms with E-state index in [9.17, 15) is 13.2 Å². The molecule has 0 aliphatic rings. The summed E-state index contributed by atoms with van der Waals surface area (Å²) in [7, 11) is 0. The van der Waals surface area contributed by atoms with Crippen molar-refractivity contribution in [3.05, 3.63) is 28.5 Å². The predicted molar refractivity (Wildman–Crippen MR) is 68.3 cm³/mol. The van der Waals surface area contributed by atoms with Crippen LogP contribution in [-0.2, 0) is 0 Å². The van der Waals surface area contributed by atoms with Gasteiger partial charge in [0.25, 0.3) is 0 Å². The van der Waals surface area contributed by atoms with E-state index in [1.165, 1.54) is 0 Å². The highest BCUT2D eigenvalue weighted by molar-refractivity contribution is 9.10. The quantitative estimate of drug-likeness (QED) is 0.847. The first-order valence-corrected chi connectivity index (χ1v) is 6.64. The summed E-state index contributed by atoms with van der Waals surface area (Å²) in [5.74, 6) is 0. The van der Waals surface area contributed by atoms with Crippen molar-refractivity contribution in [2.45, 2.75) is 38.4 Å². The maximum Gasteiger partial charge on any atom is 0.389 e. The monoisotopic (exact) mass is 324 g/mol. The standard InChI is InChI=1S/C12H16BrF3N2/c1-2-17-10(6-3-7-12(14,15)16)11-9(13)5-4-8-18-11/h4-5,8,10,17H,2-3,6-7H2,1H3. The molecule has 0 saturated heterocycles. The number of nitrogens with zero attached hydrogens (tertiary/aromatic N) is 1. The smallest absolute Gasteiger partial charge is 0.309 e. The molecule has 1 N–H and O–H groups in total. The van der Waals surface area contributed by atoms with Gasteiger partial charge in [-0.25, -0.2) is 0 Å². The van der Waals surface area contributed by atoms with Gasteiger partial charge in [0.2, 0.25) is 0 Å². The first-order valence-electron chi connectivity index (χ1n) is 5.84. The van der Waals surface area contributed by atoms with E-state index in [1.807, 2.05) is 13.0 Å². The van der Waals surface area contributed by atoms with Gasteiger partial charge in [-0.1, -0.05) is 6.92 Å². The van der Waals surface area contributed by atoms with Crippen molar-refractivity contribution < 1.29 is 13.2 Å². The third-order valence-electron chi connectivity index (χ3n) is 2.52. The van der Waals surface area contributed by atoms with E-state index >= 15 is 0 Å². The lowest BCUT2D eigenvalue weighted by molar-refractivity contribution is -0.135. The predicted octanol–water partition coefficient (Wildman–Crippen LogP) is 4.23. The number of hydrogen-bond acceptors (Lipinski definition) is 2. The Morgan fingerprint density at radius 1 is 1.44 bits per heavy atom. The molecule has 102 valence electrons. The molecule has 0 spiro atoms. The molecule has 1 atom stereocenters. The van der Waals surface area contributed by atoms with Gasteiger partial charge in [0.15, 0.2) is 0 Å². The molecule has 1 unspecified atom stereocenters. The van der Waals surface area contributed by atoms with Crippen LogP contribution in [0.4, 0.5) is 13.2 Å². The molecule has 0 saturated carbocycles. The Morgan fingerprint density at radius 3 is 2.72 bits per heavy atom. The van der Waals surface area contributed by atoms with Crippen LogP contribution in [-0.4, -0.2) is 17.7 Å². The minimum atomic E-state index is -4.09. The van der Waals surface area contributed by atoms with Gasteiger partial charge in [-0.05, 0) is 47.4 Å². The molecular formula is C12H16BrF3N2. The molecule has 0 aliphatic heterocycles. The van der Waals surface area contributed by atoms with E-state index in [2.05, 4.69) is 26.2 Å². The summed E-state index contributed by atoms with van der Waals surface area (Å²) in [5, 5.41) is 3.17. The highest BCUT2D eigenvalue weighted by Crippen LogP contribution is 2.28. The highest BCUT2D eigenvalue weighted by atomic mass is 79.9. The van der Waals surface area contributed by atoms with Gasteiger partial charge >= 0.3 is 6.18 Å². The number of rotatable bonds is 6. The first-order chi connectivity index (χ1) is 8.44. The number of pyridine rings is 1. The fourth-order valence-corrected chi connectivity index (χ4v) is 2.27. The lowest BCUT2D eigenvalue weighted by atomic mass is 10.1. The Morgan fingerprint density at radius 2 is 2.17 bits per heavy atom. The molecule has 6 heteroatoms. The van der Waals surface area contributed by atoms with E-state index in [-0.39, 0.29) is 12.5 Å². The summed E-state index contributed by atoms with van der Waals surface area (Å²) in [6, 6.07) is 3.48. The van der Waals surface area contributed by atoms with Crippen LogP contribution in [0.15, 0.2) is 22.8 Å². The van der Waals surface area contributed by atoms with E-state index in [0.29, 0.717) is 13.0 Å². The van der Waals surface area contributed by atoms with E-state index in [0.717, 1.165) is 10.2 Å². The summed E-state index contributed by atoms with van der Waals surface area (Å²) in [6.45, 7) is 2.62. The zero-order valence-corrected chi connectivity index (χ0v) is 11.7. The Labute approximate surface area is 113 Å². The second-order valence-corrected chi connectivity index (χ2v) is 4.84. The molecule has 0 aliphatic carbocycles. The Hall–Kier alpha value is -0.620. The topological polar surface area (TPSA) is 24.9 Å². The normalized spacial score (nSPS) is 13.6. The lowest BCUT2D eigenvalue weighted by Gasteiger charge is -2.18. The number of hydrogen-bond donors (Lipinski definition) is 1. The third kappa shape index (κ3) is 5.35. The van der Waals surface area contributed by atoms with Crippen LogP contribution in [0, 0.1) is 0 Å². The van der Waals surface area contributed by atoms with Crippen LogP contribution in [0.2, 0.25) is 0 Å². The molecule has 0 bridgehead atoms. The Balaban J connectivity index is 2.63. The average molecular weight is 325 g/mol. The van der Waals surface area contributed by atoms with Gasteiger partial charge in [-0.3, -0.25) is 4.98 Å². The lowest BCUT2D eigenvalue weighted by Crippen LogP contribution is -2.23. The summed E-state index contributed by atoms with van der Waals surface area (Å²) in [6.07, 6.45) is -2.67. The minimum absolute atomic E-state index is 0.101. The maximum absolute atomic E-state index is 12.1. The number of halogens is 4. The zero-order valence-electron chi connectivity index (χ0n) is 10.1. The zero-order chi connectivity index (χ0) is 13.6. The fraction of sp³-hybridized carbons (Fsp3) is 0.583. The first kappa shape index (κ1) is 15.4. The average Bonchev–Trinajstić information content (AvgIpc) is 2.27. The van der Waals surface area contributed by atoms with Gasteiger partial charge in [0.1, 0.15) is 0 Å². The SMILES string of the molecule is CCNC(CCCC(F)(F)F)c1ncccc1Br. The van der Waals surface area contributed by atoms with Gasteiger partial charge in [0.05, 0.1) is 11.7 Å². The summed E-state index contributed by atoms with van der Waals surface area (Å²) in [5.41, 5.74) is 0.765. The van der Waals surface area contributed by atoms with Gasteiger partial charge < -0.3 is 5.32 Å². The number of alkyl halides is 3. The summed E-state index contributed by atoms with van der Waals surface area (Å²) < 4.78 is 37.2. The second-order valence-electron chi connectivity index (χ2n) is 3.99. The molecule has 0 fully saturated rings. The van der Waals surface area contributed by atoms with E-state index < -0.39 is 12.6 Å². The molecule has 0 radical (unpaired) electrons. The largest absolute Gasteiger partial charge is 0.389 e. The third-order valence-corrected chi connectivity index (χ3v) is 3.19. The Kier molecular flexibility index (Phi) is 6.08. The number of aromatic nitrogens is 1. The van der Waals surface area contributed by atoms with Gasteiger partial charge in [-0.2, -0.15) is 13.2 Å². The molecule has 1 aromatic heterocycles. The van der Waals surface area contributed by atoms with Gasteiger partial charge in [0, 0.05) is 17.1 Å². The van der Waals surface area contributed by atoms with E-state index in [4.69, 9.17) is 0 Å². The van der Waals surface area contributed by atoms with Crippen LogP contribution in [0.3, 0.4) is 0 Å².